The average molecular weight is 289 g/mol. The molecule has 108 valence electrons. The van der Waals surface area contributed by atoms with Gasteiger partial charge in [0.25, 0.3) is 11.6 Å². The van der Waals surface area contributed by atoms with Crippen molar-refractivity contribution in [1.29, 1.82) is 0 Å². The monoisotopic (exact) mass is 289 g/mol. The minimum atomic E-state index is -0.509. The summed E-state index contributed by atoms with van der Waals surface area (Å²) in [4.78, 5) is 28.8. The summed E-state index contributed by atoms with van der Waals surface area (Å²) in [6, 6.07) is 2.77. The highest BCUT2D eigenvalue weighted by molar-refractivity contribution is 5.96. The zero-order valence-corrected chi connectivity index (χ0v) is 10.8. The zero-order valence-electron chi connectivity index (χ0n) is 10.8. The van der Waals surface area contributed by atoms with Crippen molar-refractivity contribution >= 4 is 23.0 Å². The van der Waals surface area contributed by atoms with Gasteiger partial charge in [0.2, 0.25) is 0 Å². The first-order valence-corrected chi connectivity index (χ1v) is 6.10. The molecule has 1 aliphatic rings. The Morgan fingerprint density at radius 2 is 2.33 bits per heavy atom. The highest BCUT2D eigenvalue weighted by Gasteiger charge is 2.23. The number of hydrogen-bond acceptors (Lipinski definition) is 6. The molecule has 3 N–H and O–H groups in total. The number of nitrogens with one attached hydrogen (secondary N) is 3. The van der Waals surface area contributed by atoms with Crippen LogP contribution in [0.25, 0.3) is 0 Å². The van der Waals surface area contributed by atoms with E-state index >= 15 is 0 Å². The Morgan fingerprint density at radius 1 is 1.48 bits per heavy atom. The van der Waals surface area contributed by atoms with Crippen LogP contribution < -0.4 is 15.4 Å². The van der Waals surface area contributed by atoms with Gasteiger partial charge in [0.05, 0.1) is 23.2 Å². The van der Waals surface area contributed by atoms with Crippen LogP contribution in [-0.4, -0.2) is 27.4 Å². The van der Waals surface area contributed by atoms with Crippen molar-refractivity contribution in [3.8, 4) is 5.75 Å². The van der Waals surface area contributed by atoms with Crippen molar-refractivity contribution in [2.75, 3.05) is 17.2 Å². The average Bonchev–Trinajstić information content (AvgIpc) is 2.97. The lowest BCUT2D eigenvalue weighted by molar-refractivity contribution is -0.384. The second-order valence-corrected chi connectivity index (χ2v) is 4.35. The minimum absolute atomic E-state index is 0.128. The number of benzene rings is 1. The lowest BCUT2D eigenvalue weighted by Gasteiger charge is -2.19. The van der Waals surface area contributed by atoms with Gasteiger partial charge in [-0.25, -0.2) is 4.98 Å². The van der Waals surface area contributed by atoms with E-state index in [2.05, 4.69) is 20.6 Å². The molecule has 0 radical (unpaired) electrons. The molecule has 0 bridgehead atoms. The predicted molar refractivity (Wildman–Crippen MR) is 73.1 cm³/mol. The lowest BCUT2D eigenvalue weighted by atomic mass is 10.2. The molecule has 2 aromatic rings. The second kappa shape index (κ2) is 5.12. The number of aromatic nitrogens is 2. The van der Waals surface area contributed by atoms with Gasteiger partial charge in [-0.05, 0) is 6.07 Å². The summed E-state index contributed by atoms with van der Waals surface area (Å²) in [5.74, 6) is 0.625. The van der Waals surface area contributed by atoms with Gasteiger partial charge in [-0.1, -0.05) is 0 Å². The van der Waals surface area contributed by atoms with Crippen LogP contribution in [0.4, 0.5) is 17.1 Å². The normalized spacial score (nSPS) is 13.0. The number of aromatic amines is 1. The molecule has 9 nitrogen and oxygen atoms in total. The molecule has 0 saturated carbocycles. The fourth-order valence-corrected chi connectivity index (χ4v) is 1.98. The SMILES string of the molecule is O=C1COc2cc([N+](=O)[O-])c(NCc3ncc[nH]3)cc2N1. The number of H-pyrrole nitrogens is 1. The molecule has 9 heteroatoms. The molecule has 0 aliphatic carbocycles. The van der Waals surface area contributed by atoms with Crippen LogP contribution in [0.5, 0.6) is 5.75 Å². The number of ether oxygens (including phenoxy) is 1. The van der Waals surface area contributed by atoms with E-state index in [-0.39, 0.29) is 29.6 Å². The number of amides is 1. The van der Waals surface area contributed by atoms with Crippen LogP contribution in [0.15, 0.2) is 24.5 Å². The van der Waals surface area contributed by atoms with Crippen molar-refractivity contribution < 1.29 is 14.5 Å². The molecular formula is C12H11N5O4. The van der Waals surface area contributed by atoms with E-state index in [1.165, 1.54) is 12.1 Å². The molecule has 0 unspecified atom stereocenters. The number of nitro benzene ring substituents is 1. The summed E-state index contributed by atoms with van der Waals surface area (Å²) < 4.78 is 5.17. The summed E-state index contributed by atoms with van der Waals surface area (Å²) >= 11 is 0. The Bertz CT molecular complexity index is 698. The third-order valence-corrected chi connectivity index (χ3v) is 2.93. The predicted octanol–water partition coefficient (Wildman–Crippen LogP) is 1.26. The number of carbonyl (C=O) groups is 1. The largest absolute Gasteiger partial charge is 0.481 e. The van der Waals surface area contributed by atoms with Crippen molar-refractivity contribution in [3.63, 3.8) is 0 Å². The van der Waals surface area contributed by atoms with Gasteiger partial charge >= 0.3 is 0 Å². The number of nitrogens with zero attached hydrogens (tertiary/aromatic N) is 2. The zero-order chi connectivity index (χ0) is 14.8. The Labute approximate surface area is 118 Å². The summed E-state index contributed by atoms with van der Waals surface area (Å²) in [6.07, 6.45) is 3.25. The lowest BCUT2D eigenvalue weighted by Crippen LogP contribution is -2.25. The highest BCUT2D eigenvalue weighted by atomic mass is 16.6. The van der Waals surface area contributed by atoms with Crippen LogP contribution in [0.1, 0.15) is 5.82 Å². The van der Waals surface area contributed by atoms with Crippen molar-refractivity contribution in [2.45, 2.75) is 6.54 Å². The van der Waals surface area contributed by atoms with Gasteiger partial charge in [-0.3, -0.25) is 14.9 Å². The van der Waals surface area contributed by atoms with Gasteiger partial charge in [-0.2, -0.15) is 0 Å². The van der Waals surface area contributed by atoms with Crippen LogP contribution in [0, 0.1) is 10.1 Å². The standard InChI is InChI=1S/C12H11N5O4/c18-12-6-21-10-4-9(17(19)20)7(3-8(10)16-12)15-5-11-13-1-2-14-11/h1-4,15H,5-6H2,(H,13,14)(H,16,18). The van der Waals surface area contributed by atoms with Crippen LogP contribution in [-0.2, 0) is 11.3 Å². The molecule has 0 fully saturated rings. The van der Waals surface area contributed by atoms with E-state index in [0.29, 0.717) is 18.1 Å². The van der Waals surface area contributed by atoms with E-state index in [0.717, 1.165) is 0 Å². The number of carbonyl (C=O) groups excluding carboxylic acids is 1. The molecule has 1 amide bonds. The molecule has 21 heavy (non-hydrogen) atoms. The minimum Gasteiger partial charge on any atom is -0.481 e. The maximum atomic E-state index is 11.3. The molecule has 1 aromatic carbocycles. The van der Waals surface area contributed by atoms with E-state index < -0.39 is 4.92 Å². The molecule has 1 aromatic heterocycles. The summed E-state index contributed by atoms with van der Waals surface area (Å²) in [5.41, 5.74) is 0.552. The highest BCUT2D eigenvalue weighted by Crippen LogP contribution is 2.37. The number of hydrogen-bond donors (Lipinski definition) is 3. The maximum Gasteiger partial charge on any atom is 0.296 e. The third kappa shape index (κ3) is 2.61. The van der Waals surface area contributed by atoms with Crippen molar-refractivity contribution in [1.82, 2.24) is 9.97 Å². The van der Waals surface area contributed by atoms with Crippen LogP contribution in [0.3, 0.4) is 0 Å². The van der Waals surface area contributed by atoms with Crippen LogP contribution >= 0.6 is 0 Å². The van der Waals surface area contributed by atoms with E-state index in [1.807, 2.05) is 0 Å². The Balaban J connectivity index is 1.91. The third-order valence-electron chi connectivity index (χ3n) is 2.93. The maximum absolute atomic E-state index is 11.3. The molecule has 1 aliphatic heterocycles. The number of rotatable bonds is 4. The molecule has 0 spiro atoms. The first-order chi connectivity index (χ1) is 10.1. The second-order valence-electron chi connectivity index (χ2n) is 4.35. The molecule has 0 saturated heterocycles. The van der Waals surface area contributed by atoms with Gasteiger partial charge in [0, 0.05) is 12.4 Å². The smallest absolute Gasteiger partial charge is 0.296 e. The summed E-state index contributed by atoms with van der Waals surface area (Å²) in [6.45, 7) is 0.144. The van der Waals surface area contributed by atoms with Gasteiger partial charge in [0.1, 0.15) is 11.5 Å². The summed E-state index contributed by atoms with van der Waals surface area (Å²) in [5, 5.41) is 16.7. The number of nitro groups is 1. The number of imidazole rings is 1. The summed E-state index contributed by atoms with van der Waals surface area (Å²) in [7, 11) is 0. The molecule has 3 rings (SSSR count). The number of fused-ring (bicyclic) bond motifs is 1. The fraction of sp³-hybridized carbons (Fsp3) is 0.167. The first-order valence-electron chi connectivity index (χ1n) is 6.10. The topological polar surface area (TPSA) is 122 Å². The molecule has 0 atom stereocenters. The van der Waals surface area contributed by atoms with Gasteiger partial charge < -0.3 is 20.4 Å². The van der Waals surface area contributed by atoms with Crippen molar-refractivity contribution in [3.05, 3.63) is 40.5 Å². The molecular weight excluding hydrogens is 278 g/mol. The van der Waals surface area contributed by atoms with Crippen LogP contribution in [0.2, 0.25) is 0 Å². The van der Waals surface area contributed by atoms with Gasteiger partial charge in [-0.15, -0.1) is 0 Å². The van der Waals surface area contributed by atoms with E-state index in [1.54, 1.807) is 12.4 Å². The quantitative estimate of drug-likeness (QED) is 0.575. The first kappa shape index (κ1) is 12.9. The Hall–Kier alpha value is -3.10. The Kier molecular flexibility index (Phi) is 3.14. The number of anilines is 2. The molecule has 2 heterocycles. The van der Waals surface area contributed by atoms with E-state index in [4.69, 9.17) is 4.74 Å². The Morgan fingerprint density at radius 3 is 3.05 bits per heavy atom. The van der Waals surface area contributed by atoms with Gasteiger partial charge in [0.15, 0.2) is 12.4 Å². The van der Waals surface area contributed by atoms with Crippen molar-refractivity contribution in [2.24, 2.45) is 0 Å². The fourth-order valence-electron chi connectivity index (χ4n) is 1.98. The van der Waals surface area contributed by atoms with E-state index in [9.17, 15) is 14.9 Å².